The highest BCUT2D eigenvalue weighted by Gasteiger charge is 2.23. The first-order chi connectivity index (χ1) is 20.4. The van der Waals surface area contributed by atoms with E-state index in [-0.39, 0.29) is 17.4 Å². The number of aryl methyl sites for hydroxylation is 1. The highest BCUT2D eigenvalue weighted by Crippen LogP contribution is 2.32. The van der Waals surface area contributed by atoms with Gasteiger partial charge in [0.05, 0.1) is 17.0 Å². The molecule has 0 aliphatic carbocycles. The molecule has 1 amide bonds. The molecular formula is C35H39N3O5. The number of piperazine rings is 1. The quantitative estimate of drug-likeness (QED) is 0.258. The predicted molar refractivity (Wildman–Crippen MR) is 171 cm³/mol. The summed E-state index contributed by atoms with van der Waals surface area (Å²) < 4.78 is 12.1. The summed E-state index contributed by atoms with van der Waals surface area (Å²) >= 11 is 0. The van der Waals surface area contributed by atoms with Crippen molar-refractivity contribution in [2.45, 2.75) is 53.2 Å². The molecular weight excluding hydrogens is 542 g/mol. The van der Waals surface area contributed by atoms with E-state index in [9.17, 15) is 14.4 Å². The van der Waals surface area contributed by atoms with Crippen molar-refractivity contribution in [1.29, 1.82) is 0 Å². The van der Waals surface area contributed by atoms with E-state index in [4.69, 9.17) is 9.15 Å². The van der Waals surface area contributed by atoms with E-state index >= 15 is 0 Å². The second-order valence-electron chi connectivity index (χ2n) is 12.2. The number of hydrogen-bond acceptors (Lipinski definition) is 7. The van der Waals surface area contributed by atoms with E-state index in [0.717, 1.165) is 35.5 Å². The number of fused-ring (bicyclic) bond motifs is 1. The third kappa shape index (κ3) is 6.74. The van der Waals surface area contributed by atoms with Crippen LogP contribution in [0.15, 0.2) is 75.9 Å². The third-order valence-corrected chi connectivity index (χ3v) is 7.63. The minimum atomic E-state index is -0.620. The zero-order valence-corrected chi connectivity index (χ0v) is 25.7. The summed E-state index contributed by atoms with van der Waals surface area (Å²) in [4.78, 5) is 42.1. The van der Waals surface area contributed by atoms with E-state index in [1.54, 1.807) is 25.1 Å². The van der Waals surface area contributed by atoms with Gasteiger partial charge >= 0.3 is 5.97 Å². The van der Waals surface area contributed by atoms with Gasteiger partial charge in [0.25, 0.3) is 0 Å². The SMILES string of the molecule is CC(=O)N1CCN(c2ccc(-c3cc(=O)c4cc(C)cc(C(C)Nc5ccccc5C(=O)OC(C)(C)C)c4o3)cc2)CC1. The first kappa shape index (κ1) is 29.9. The molecule has 2 heterocycles. The monoisotopic (exact) mass is 581 g/mol. The first-order valence-electron chi connectivity index (χ1n) is 14.7. The van der Waals surface area contributed by atoms with Gasteiger partial charge in [-0.1, -0.05) is 18.2 Å². The normalized spacial score (nSPS) is 14.5. The number of ether oxygens (including phenoxy) is 1. The van der Waals surface area contributed by atoms with Crippen molar-refractivity contribution in [1.82, 2.24) is 4.90 Å². The van der Waals surface area contributed by atoms with Crippen molar-refractivity contribution in [2.24, 2.45) is 0 Å². The molecule has 0 bridgehead atoms. The Labute approximate surface area is 252 Å². The minimum Gasteiger partial charge on any atom is -0.456 e. The van der Waals surface area contributed by atoms with Gasteiger partial charge in [-0.2, -0.15) is 0 Å². The van der Waals surface area contributed by atoms with Crippen molar-refractivity contribution in [3.63, 3.8) is 0 Å². The van der Waals surface area contributed by atoms with E-state index in [1.807, 2.05) is 88.0 Å². The highest BCUT2D eigenvalue weighted by atomic mass is 16.6. The van der Waals surface area contributed by atoms with Crippen LogP contribution in [0.25, 0.3) is 22.3 Å². The van der Waals surface area contributed by atoms with Gasteiger partial charge < -0.3 is 24.3 Å². The molecule has 1 atom stereocenters. The Morgan fingerprint density at radius 1 is 0.953 bits per heavy atom. The Hall–Kier alpha value is -4.59. The Morgan fingerprint density at radius 3 is 2.28 bits per heavy atom. The maximum Gasteiger partial charge on any atom is 0.340 e. The summed E-state index contributed by atoms with van der Waals surface area (Å²) in [6.07, 6.45) is 0. The smallest absolute Gasteiger partial charge is 0.340 e. The van der Waals surface area contributed by atoms with Gasteiger partial charge in [-0.25, -0.2) is 4.79 Å². The van der Waals surface area contributed by atoms with Gasteiger partial charge in [0.15, 0.2) is 5.43 Å². The number of anilines is 2. The van der Waals surface area contributed by atoms with Crippen LogP contribution >= 0.6 is 0 Å². The van der Waals surface area contributed by atoms with Gasteiger partial charge in [-0.3, -0.25) is 9.59 Å². The minimum absolute atomic E-state index is 0.104. The molecule has 0 saturated carbocycles. The molecule has 1 aliphatic rings. The summed E-state index contributed by atoms with van der Waals surface area (Å²) in [5.74, 6) is 0.180. The molecule has 1 aliphatic heterocycles. The Kier molecular flexibility index (Phi) is 8.31. The number of para-hydroxylation sites is 1. The van der Waals surface area contributed by atoms with Crippen LogP contribution in [0.3, 0.4) is 0 Å². The summed E-state index contributed by atoms with van der Waals surface area (Å²) in [5.41, 5.74) is 4.45. The van der Waals surface area contributed by atoms with Gasteiger partial charge in [0.1, 0.15) is 16.9 Å². The molecule has 3 aromatic carbocycles. The lowest BCUT2D eigenvalue weighted by atomic mass is 10.00. The molecule has 43 heavy (non-hydrogen) atoms. The number of amides is 1. The van der Waals surface area contributed by atoms with Gasteiger partial charge in [-0.15, -0.1) is 0 Å². The molecule has 0 spiro atoms. The summed E-state index contributed by atoms with van der Waals surface area (Å²) in [7, 11) is 0. The number of rotatable bonds is 6. The van der Waals surface area contributed by atoms with Crippen LogP contribution < -0.4 is 15.6 Å². The number of carbonyl (C=O) groups excluding carboxylic acids is 2. The Morgan fingerprint density at radius 2 is 1.63 bits per heavy atom. The standard InChI is InChI=1S/C35H39N3O5/c1-22-19-28(23(2)36-30-10-8-7-9-27(30)34(41)43-35(4,5)6)33-29(20-22)31(40)21-32(42-33)25-11-13-26(14-12-25)38-17-15-37(16-18-38)24(3)39/h7-14,19-21,23,36H,15-18H2,1-6H3. The van der Waals surface area contributed by atoms with E-state index in [1.165, 1.54) is 0 Å². The zero-order chi connectivity index (χ0) is 30.9. The maximum absolute atomic E-state index is 13.4. The van der Waals surface area contributed by atoms with Gasteiger partial charge in [0.2, 0.25) is 5.91 Å². The summed E-state index contributed by atoms with van der Waals surface area (Å²) in [6.45, 7) is 14.0. The van der Waals surface area contributed by atoms with E-state index in [2.05, 4.69) is 10.2 Å². The van der Waals surface area contributed by atoms with E-state index in [0.29, 0.717) is 41.1 Å². The Balaban J connectivity index is 1.44. The lowest BCUT2D eigenvalue weighted by molar-refractivity contribution is -0.129. The number of nitrogens with zero attached hydrogens (tertiary/aromatic N) is 2. The van der Waals surface area contributed by atoms with Gasteiger partial charge in [0, 0.05) is 61.7 Å². The van der Waals surface area contributed by atoms with Crippen LogP contribution in [0.1, 0.15) is 62.1 Å². The van der Waals surface area contributed by atoms with E-state index < -0.39 is 11.6 Å². The largest absolute Gasteiger partial charge is 0.456 e. The van der Waals surface area contributed by atoms with Crippen molar-refractivity contribution >= 4 is 34.2 Å². The zero-order valence-electron chi connectivity index (χ0n) is 25.7. The van der Waals surface area contributed by atoms with Crippen LogP contribution in [-0.4, -0.2) is 48.6 Å². The van der Waals surface area contributed by atoms with Crippen molar-refractivity contribution in [2.75, 3.05) is 36.4 Å². The number of carbonyl (C=O) groups is 2. The van der Waals surface area contributed by atoms with Crippen molar-refractivity contribution in [3.05, 3.63) is 93.6 Å². The molecule has 1 unspecified atom stereocenters. The van der Waals surface area contributed by atoms with Crippen LogP contribution in [-0.2, 0) is 9.53 Å². The second kappa shape index (κ2) is 12.0. The van der Waals surface area contributed by atoms with Gasteiger partial charge in [-0.05, 0) is 82.6 Å². The highest BCUT2D eigenvalue weighted by molar-refractivity contribution is 5.96. The molecule has 4 aromatic rings. The lowest BCUT2D eigenvalue weighted by Crippen LogP contribution is -2.48. The average Bonchev–Trinajstić information content (AvgIpc) is 2.96. The molecule has 0 radical (unpaired) electrons. The van der Waals surface area contributed by atoms with Crippen LogP contribution in [0.4, 0.5) is 11.4 Å². The molecule has 8 heteroatoms. The molecule has 1 saturated heterocycles. The second-order valence-corrected chi connectivity index (χ2v) is 12.2. The molecule has 1 fully saturated rings. The molecule has 5 rings (SSSR count). The van der Waals surface area contributed by atoms with Crippen LogP contribution in [0, 0.1) is 6.92 Å². The summed E-state index contributed by atoms with van der Waals surface area (Å²) in [5, 5.41) is 3.96. The lowest BCUT2D eigenvalue weighted by Gasteiger charge is -2.35. The predicted octanol–water partition coefficient (Wildman–Crippen LogP) is 6.57. The fourth-order valence-electron chi connectivity index (χ4n) is 5.45. The number of benzene rings is 3. The summed E-state index contributed by atoms with van der Waals surface area (Å²) in [6, 6.07) is 20.3. The van der Waals surface area contributed by atoms with Crippen LogP contribution in [0.2, 0.25) is 0 Å². The average molecular weight is 582 g/mol. The maximum atomic E-state index is 13.4. The first-order valence-corrected chi connectivity index (χ1v) is 14.7. The topological polar surface area (TPSA) is 92.1 Å². The fourth-order valence-corrected chi connectivity index (χ4v) is 5.45. The van der Waals surface area contributed by atoms with Crippen molar-refractivity contribution in [3.8, 4) is 11.3 Å². The fraction of sp³-hybridized carbons (Fsp3) is 0.343. The van der Waals surface area contributed by atoms with Crippen LogP contribution in [0.5, 0.6) is 0 Å². The third-order valence-electron chi connectivity index (χ3n) is 7.63. The van der Waals surface area contributed by atoms with Crippen molar-refractivity contribution < 1.29 is 18.7 Å². The number of nitrogens with one attached hydrogen (secondary N) is 1. The molecule has 1 aromatic heterocycles. The molecule has 224 valence electrons. The molecule has 8 nitrogen and oxygen atoms in total. The number of hydrogen-bond donors (Lipinski definition) is 1. The number of esters is 1. The molecule has 1 N–H and O–H groups in total. The Bertz CT molecular complexity index is 1710.